The van der Waals surface area contributed by atoms with E-state index in [1.54, 1.807) is 14.2 Å². The van der Waals surface area contributed by atoms with Gasteiger partial charge in [-0.2, -0.15) is 5.10 Å². The van der Waals surface area contributed by atoms with Crippen molar-refractivity contribution >= 4 is 11.6 Å². The van der Waals surface area contributed by atoms with Gasteiger partial charge in [0.25, 0.3) is 0 Å². The van der Waals surface area contributed by atoms with Gasteiger partial charge in [0.05, 0.1) is 31.6 Å². The van der Waals surface area contributed by atoms with Crippen molar-refractivity contribution in [2.45, 2.75) is 19.9 Å². The zero-order chi connectivity index (χ0) is 22.6. The Hall–Kier alpha value is -3.52. The zero-order valence-electron chi connectivity index (χ0n) is 18.9. The summed E-state index contributed by atoms with van der Waals surface area (Å²) < 4.78 is 17.9. The van der Waals surface area contributed by atoms with E-state index < -0.39 is 0 Å². The predicted molar refractivity (Wildman–Crippen MR) is 127 cm³/mol. The number of guanidine groups is 1. The molecule has 0 fully saturated rings. The second-order valence-electron chi connectivity index (χ2n) is 6.99. The number of nitrogens with one attached hydrogen (secondary N) is 2. The van der Waals surface area contributed by atoms with Crippen LogP contribution in [0.15, 0.2) is 65.8 Å². The molecule has 0 spiro atoms. The summed E-state index contributed by atoms with van der Waals surface area (Å²) in [4.78, 5) is 4.67. The minimum atomic E-state index is 0.450. The standard InChI is InChI=1S/C24H31N5O3/c1-4-25-24(27-19-7-5-8-23(17-19)32-16-6-15-30-2)26-18-20-13-14-29(28-20)21-9-11-22(31-3)12-10-21/h5,7-14,17H,4,6,15-16,18H2,1-3H3,(H2,25,26,27). The van der Waals surface area contributed by atoms with Gasteiger partial charge in [0.2, 0.25) is 0 Å². The van der Waals surface area contributed by atoms with Crippen LogP contribution >= 0.6 is 0 Å². The topological polar surface area (TPSA) is 81.9 Å². The van der Waals surface area contributed by atoms with Crippen LogP contribution < -0.4 is 20.1 Å². The Kier molecular flexibility index (Phi) is 8.94. The lowest BCUT2D eigenvalue weighted by Crippen LogP contribution is -2.30. The molecular weight excluding hydrogens is 406 g/mol. The zero-order valence-corrected chi connectivity index (χ0v) is 18.9. The van der Waals surface area contributed by atoms with E-state index in [0.29, 0.717) is 25.7 Å². The van der Waals surface area contributed by atoms with Crippen LogP contribution in [0.5, 0.6) is 11.5 Å². The van der Waals surface area contributed by atoms with Crippen molar-refractivity contribution in [2.24, 2.45) is 4.99 Å². The third-order valence-electron chi connectivity index (χ3n) is 4.58. The van der Waals surface area contributed by atoms with Crippen LogP contribution in [-0.2, 0) is 11.3 Å². The maximum Gasteiger partial charge on any atom is 0.196 e. The molecule has 0 aliphatic rings. The molecular formula is C24H31N5O3. The van der Waals surface area contributed by atoms with E-state index in [9.17, 15) is 0 Å². The number of aromatic nitrogens is 2. The lowest BCUT2D eigenvalue weighted by molar-refractivity contribution is 0.172. The van der Waals surface area contributed by atoms with Crippen LogP contribution in [0.2, 0.25) is 0 Å². The molecule has 0 aliphatic heterocycles. The van der Waals surface area contributed by atoms with E-state index in [1.807, 2.05) is 72.4 Å². The van der Waals surface area contributed by atoms with Crippen molar-refractivity contribution in [3.05, 3.63) is 66.5 Å². The molecule has 0 aliphatic carbocycles. The van der Waals surface area contributed by atoms with Crippen molar-refractivity contribution in [1.29, 1.82) is 0 Å². The van der Waals surface area contributed by atoms with Crippen molar-refractivity contribution in [1.82, 2.24) is 15.1 Å². The normalized spacial score (nSPS) is 11.3. The first-order valence-electron chi connectivity index (χ1n) is 10.7. The molecule has 8 nitrogen and oxygen atoms in total. The molecule has 170 valence electrons. The Balaban J connectivity index is 1.62. The van der Waals surface area contributed by atoms with Crippen molar-refractivity contribution < 1.29 is 14.2 Å². The van der Waals surface area contributed by atoms with Crippen LogP contribution in [0.3, 0.4) is 0 Å². The Morgan fingerprint density at radius 2 is 1.88 bits per heavy atom. The van der Waals surface area contributed by atoms with Crippen molar-refractivity contribution in [3.8, 4) is 17.2 Å². The van der Waals surface area contributed by atoms with Crippen LogP contribution in [0.1, 0.15) is 19.0 Å². The summed E-state index contributed by atoms with van der Waals surface area (Å²) in [6.45, 7) is 4.53. The second kappa shape index (κ2) is 12.4. The number of benzene rings is 2. The average Bonchev–Trinajstić information content (AvgIpc) is 3.30. The number of nitrogens with zero attached hydrogens (tertiary/aromatic N) is 3. The summed E-state index contributed by atoms with van der Waals surface area (Å²) >= 11 is 0. The smallest absolute Gasteiger partial charge is 0.196 e. The van der Waals surface area contributed by atoms with E-state index >= 15 is 0 Å². The number of aliphatic imine (C=N–C) groups is 1. The first kappa shape index (κ1) is 23.1. The molecule has 2 N–H and O–H groups in total. The first-order chi connectivity index (χ1) is 15.7. The number of hydrogen-bond donors (Lipinski definition) is 2. The molecule has 1 aromatic heterocycles. The fourth-order valence-corrected chi connectivity index (χ4v) is 2.99. The molecule has 0 unspecified atom stereocenters. The minimum Gasteiger partial charge on any atom is -0.497 e. The van der Waals surface area contributed by atoms with Gasteiger partial charge in [-0.05, 0) is 49.4 Å². The van der Waals surface area contributed by atoms with Crippen molar-refractivity contribution in [3.63, 3.8) is 0 Å². The molecule has 0 amide bonds. The first-order valence-corrected chi connectivity index (χ1v) is 10.7. The van der Waals surface area contributed by atoms with E-state index in [4.69, 9.17) is 14.2 Å². The molecule has 0 atom stereocenters. The summed E-state index contributed by atoms with van der Waals surface area (Å²) in [6, 6.07) is 17.6. The van der Waals surface area contributed by atoms with Gasteiger partial charge in [0.1, 0.15) is 11.5 Å². The van der Waals surface area contributed by atoms with Gasteiger partial charge in [-0.3, -0.25) is 0 Å². The molecule has 0 radical (unpaired) electrons. The van der Waals surface area contributed by atoms with Gasteiger partial charge in [-0.25, -0.2) is 9.67 Å². The van der Waals surface area contributed by atoms with E-state index in [-0.39, 0.29) is 0 Å². The molecule has 3 rings (SSSR count). The highest BCUT2D eigenvalue weighted by Crippen LogP contribution is 2.18. The van der Waals surface area contributed by atoms with Crippen LogP contribution in [0.25, 0.3) is 5.69 Å². The predicted octanol–water partition coefficient (Wildman–Crippen LogP) is 3.87. The maximum atomic E-state index is 5.78. The molecule has 0 saturated heterocycles. The molecule has 2 aromatic carbocycles. The lowest BCUT2D eigenvalue weighted by Gasteiger charge is -2.12. The SMILES string of the molecule is CCNC(=NCc1ccn(-c2ccc(OC)cc2)n1)Nc1cccc(OCCCOC)c1. The van der Waals surface area contributed by atoms with Gasteiger partial charge >= 0.3 is 0 Å². The summed E-state index contributed by atoms with van der Waals surface area (Å²) in [5.74, 6) is 2.31. The molecule has 3 aromatic rings. The number of ether oxygens (including phenoxy) is 3. The highest BCUT2D eigenvalue weighted by atomic mass is 16.5. The quantitative estimate of drug-likeness (QED) is 0.269. The van der Waals surface area contributed by atoms with Crippen LogP contribution in [0.4, 0.5) is 5.69 Å². The maximum absolute atomic E-state index is 5.78. The summed E-state index contributed by atoms with van der Waals surface area (Å²) in [7, 11) is 3.34. The second-order valence-corrected chi connectivity index (χ2v) is 6.99. The van der Waals surface area contributed by atoms with Gasteiger partial charge in [-0.1, -0.05) is 6.07 Å². The minimum absolute atomic E-state index is 0.450. The van der Waals surface area contributed by atoms with Gasteiger partial charge in [-0.15, -0.1) is 0 Å². The molecule has 1 heterocycles. The number of methoxy groups -OCH3 is 2. The van der Waals surface area contributed by atoms with Gasteiger partial charge < -0.3 is 24.8 Å². The average molecular weight is 438 g/mol. The Morgan fingerprint density at radius 3 is 2.62 bits per heavy atom. The van der Waals surface area contributed by atoms with E-state index in [0.717, 1.165) is 41.5 Å². The van der Waals surface area contributed by atoms with Crippen molar-refractivity contribution in [2.75, 3.05) is 39.3 Å². The highest BCUT2D eigenvalue weighted by Gasteiger charge is 2.04. The molecule has 0 saturated carbocycles. The Morgan fingerprint density at radius 1 is 1.03 bits per heavy atom. The lowest BCUT2D eigenvalue weighted by atomic mass is 10.3. The third kappa shape index (κ3) is 7.02. The number of hydrogen-bond acceptors (Lipinski definition) is 5. The van der Waals surface area contributed by atoms with Crippen LogP contribution in [0, 0.1) is 0 Å². The number of rotatable bonds is 11. The summed E-state index contributed by atoms with van der Waals surface area (Å²) in [5.41, 5.74) is 2.74. The summed E-state index contributed by atoms with van der Waals surface area (Å²) in [5, 5.41) is 11.2. The monoisotopic (exact) mass is 437 g/mol. The molecule has 0 bridgehead atoms. The van der Waals surface area contributed by atoms with Gasteiger partial charge in [0.15, 0.2) is 5.96 Å². The fraction of sp³-hybridized carbons (Fsp3) is 0.333. The van der Waals surface area contributed by atoms with E-state index in [2.05, 4.69) is 20.7 Å². The number of anilines is 1. The van der Waals surface area contributed by atoms with Gasteiger partial charge in [0, 0.05) is 44.6 Å². The highest BCUT2D eigenvalue weighted by molar-refractivity contribution is 5.93. The molecule has 32 heavy (non-hydrogen) atoms. The van der Waals surface area contributed by atoms with E-state index in [1.165, 1.54) is 0 Å². The molecule has 8 heteroatoms. The Labute approximate surface area is 189 Å². The fourth-order valence-electron chi connectivity index (χ4n) is 2.99. The third-order valence-corrected chi connectivity index (χ3v) is 4.58. The Bertz CT molecular complexity index is 985. The summed E-state index contributed by atoms with van der Waals surface area (Å²) in [6.07, 6.45) is 2.78. The largest absolute Gasteiger partial charge is 0.497 e. The van der Waals surface area contributed by atoms with Crippen LogP contribution in [-0.4, -0.2) is 49.7 Å².